The van der Waals surface area contributed by atoms with Crippen LogP contribution in [-0.4, -0.2) is 33.6 Å². The lowest BCUT2D eigenvalue weighted by Crippen LogP contribution is -2.27. The Morgan fingerprint density at radius 2 is 2.00 bits per heavy atom. The van der Waals surface area contributed by atoms with Gasteiger partial charge in [0, 0.05) is 11.8 Å². The van der Waals surface area contributed by atoms with Crippen molar-refractivity contribution in [3.05, 3.63) is 42.6 Å². The molecule has 0 aliphatic carbocycles. The standard InChI is InChI=1S/C14H13N3O2/c18-11-8-13(19)17(9-11)14-15-7-6-12(16-14)10-4-2-1-3-5-10/h1-7,11,18H,8-9H2. The van der Waals surface area contributed by atoms with Gasteiger partial charge >= 0.3 is 0 Å². The first kappa shape index (κ1) is 11.8. The van der Waals surface area contributed by atoms with Crippen molar-refractivity contribution in [2.75, 3.05) is 11.4 Å². The van der Waals surface area contributed by atoms with Crippen molar-refractivity contribution < 1.29 is 9.90 Å². The molecule has 0 radical (unpaired) electrons. The molecule has 1 aromatic heterocycles. The van der Waals surface area contributed by atoms with Crippen LogP contribution in [-0.2, 0) is 4.79 Å². The fourth-order valence-electron chi connectivity index (χ4n) is 2.13. The van der Waals surface area contributed by atoms with Gasteiger partial charge in [-0.3, -0.25) is 9.69 Å². The number of nitrogens with zero attached hydrogens (tertiary/aromatic N) is 3. The second kappa shape index (κ2) is 4.78. The fraction of sp³-hybridized carbons (Fsp3) is 0.214. The minimum Gasteiger partial charge on any atom is -0.391 e. The molecule has 5 nitrogen and oxygen atoms in total. The zero-order valence-corrected chi connectivity index (χ0v) is 10.2. The average molecular weight is 255 g/mol. The molecule has 2 aromatic rings. The van der Waals surface area contributed by atoms with E-state index < -0.39 is 6.10 Å². The van der Waals surface area contributed by atoms with E-state index in [9.17, 15) is 9.90 Å². The number of aliphatic hydroxyl groups excluding tert-OH is 1. The van der Waals surface area contributed by atoms with Gasteiger partial charge in [0.2, 0.25) is 11.9 Å². The molecule has 1 aliphatic heterocycles. The number of carbonyl (C=O) groups excluding carboxylic acids is 1. The summed E-state index contributed by atoms with van der Waals surface area (Å²) in [6.45, 7) is 0.261. The van der Waals surface area contributed by atoms with Gasteiger partial charge in [0.15, 0.2) is 0 Å². The molecular weight excluding hydrogens is 242 g/mol. The normalized spacial score (nSPS) is 18.9. The zero-order chi connectivity index (χ0) is 13.2. The molecule has 19 heavy (non-hydrogen) atoms. The third-order valence-electron chi connectivity index (χ3n) is 3.06. The molecule has 0 bridgehead atoms. The van der Waals surface area contributed by atoms with Crippen LogP contribution in [0.25, 0.3) is 11.3 Å². The summed E-state index contributed by atoms with van der Waals surface area (Å²) in [5, 5.41) is 9.50. The Balaban J connectivity index is 1.95. The highest BCUT2D eigenvalue weighted by Gasteiger charge is 2.30. The lowest BCUT2D eigenvalue weighted by molar-refractivity contribution is -0.117. The molecule has 1 saturated heterocycles. The van der Waals surface area contributed by atoms with E-state index in [2.05, 4.69) is 9.97 Å². The van der Waals surface area contributed by atoms with Crippen LogP contribution in [0.5, 0.6) is 0 Å². The number of hydrogen-bond donors (Lipinski definition) is 1. The highest BCUT2D eigenvalue weighted by Crippen LogP contribution is 2.21. The van der Waals surface area contributed by atoms with Gasteiger partial charge in [0.05, 0.1) is 24.8 Å². The number of aliphatic hydroxyl groups is 1. The number of benzene rings is 1. The lowest BCUT2D eigenvalue weighted by atomic mass is 10.1. The summed E-state index contributed by atoms with van der Waals surface area (Å²) in [4.78, 5) is 21.7. The molecule has 1 unspecified atom stereocenters. The summed E-state index contributed by atoms with van der Waals surface area (Å²) in [6.07, 6.45) is 1.14. The second-order valence-corrected chi connectivity index (χ2v) is 4.47. The third kappa shape index (κ3) is 2.32. The van der Waals surface area contributed by atoms with E-state index in [1.165, 1.54) is 4.90 Å². The van der Waals surface area contributed by atoms with E-state index in [0.29, 0.717) is 5.95 Å². The summed E-state index contributed by atoms with van der Waals surface area (Å²) >= 11 is 0. The van der Waals surface area contributed by atoms with Crippen molar-refractivity contribution in [2.45, 2.75) is 12.5 Å². The van der Waals surface area contributed by atoms with Gasteiger partial charge in [-0.2, -0.15) is 0 Å². The molecule has 3 rings (SSSR count). The summed E-state index contributed by atoms with van der Waals surface area (Å²) in [7, 11) is 0. The molecule has 0 saturated carbocycles. The van der Waals surface area contributed by atoms with Crippen molar-refractivity contribution >= 4 is 11.9 Å². The maximum Gasteiger partial charge on any atom is 0.232 e. The summed E-state index contributed by atoms with van der Waals surface area (Å²) < 4.78 is 0. The van der Waals surface area contributed by atoms with Crippen LogP contribution in [0.2, 0.25) is 0 Å². The molecule has 0 spiro atoms. The lowest BCUT2D eigenvalue weighted by Gasteiger charge is -2.13. The molecule has 96 valence electrons. The van der Waals surface area contributed by atoms with E-state index in [1.54, 1.807) is 12.3 Å². The third-order valence-corrected chi connectivity index (χ3v) is 3.06. The van der Waals surface area contributed by atoms with E-state index in [4.69, 9.17) is 0 Å². The molecule has 1 amide bonds. The van der Waals surface area contributed by atoms with Crippen LogP contribution >= 0.6 is 0 Å². The van der Waals surface area contributed by atoms with Gasteiger partial charge < -0.3 is 5.11 Å². The zero-order valence-electron chi connectivity index (χ0n) is 10.2. The number of anilines is 1. The monoisotopic (exact) mass is 255 g/mol. The van der Waals surface area contributed by atoms with Crippen LogP contribution in [0.1, 0.15) is 6.42 Å². The van der Waals surface area contributed by atoms with E-state index >= 15 is 0 Å². The smallest absolute Gasteiger partial charge is 0.232 e. The van der Waals surface area contributed by atoms with Gasteiger partial charge in [0.25, 0.3) is 0 Å². The maximum atomic E-state index is 11.7. The molecular formula is C14H13N3O2. The van der Waals surface area contributed by atoms with Crippen molar-refractivity contribution in [1.29, 1.82) is 0 Å². The van der Waals surface area contributed by atoms with E-state index in [-0.39, 0.29) is 18.9 Å². The Hall–Kier alpha value is -2.27. The summed E-state index contributed by atoms with van der Waals surface area (Å²) in [5.74, 6) is 0.209. The molecule has 1 fully saturated rings. The maximum absolute atomic E-state index is 11.7. The first-order valence-electron chi connectivity index (χ1n) is 6.11. The largest absolute Gasteiger partial charge is 0.391 e. The van der Waals surface area contributed by atoms with E-state index in [1.807, 2.05) is 30.3 Å². The Bertz CT molecular complexity index is 601. The van der Waals surface area contributed by atoms with Gasteiger partial charge in [-0.1, -0.05) is 30.3 Å². The number of amides is 1. The number of β-amino-alcohol motifs (C(OH)–C–C–N with tert-alkyl or cyclic N) is 1. The first-order chi connectivity index (χ1) is 9.24. The number of rotatable bonds is 2. The summed E-state index contributed by atoms with van der Waals surface area (Å²) in [6, 6.07) is 11.5. The minimum absolute atomic E-state index is 0.138. The van der Waals surface area contributed by atoms with Gasteiger partial charge in [-0.05, 0) is 6.07 Å². The molecule has 1 aliphatic rings. The Morgan fingerprint density at radius 1 is 1.21 bits per heavy atom. The van der Waals surface area contributed by atoms with Crippen molar-refractivity contribution in [3.8, 4) is 11.3 Å². The van der Waals surface area contributed by atoms with Gasteiger partial charge in [0.1, 0.15) is 0 Å². The van der Waals surface area contributed by atoms with Gasteiger partial charge in [-0.15, -0.1) is 0 Å². The van der Waals surface area contributed by atoms with Gasteiger partial charge in [-0.25, -0.2) is 9.97 Å². The highest BCUT2D eigenvalue weighted by atomic mass is 16.3. The Kier molecular flexibility index (Phi) is 2.97. The Labute approximate surface area is 110 Å². The van der Waals surface area contributed by atoms with Crippen molar-refractivity contribution in [3.63, 3.8) is 0 Å². The fourth-order valence-corrected chi connectivity index (χ4v) is 2.13. The molecule has 1 atom stereocenters. The predicted molar refractivity (Wildman–Crippen MR) is 70.4 cm³/mol. The highest BCUT2D eigenvalue weighted by molar-refractivity contribution is 5.94. The molecule has 1 aromatic carbocycles. The van der Waals surface area contributed by atoms with Crippen LogP contribution in [0.15, 0.2) is 42.6 Å². The first-order valence-corrected chi connectivity index (χ1v) is 6.11. The number of hydrogen-bond acceptors (Lipinski definition) is 4. The van der Waals surface area contributed by atoms with Crippen molar-refractivity contribution in [1.82, 2.24) is 9.97 Å². The molecule has 5 heteroatoms. The Morgan fingerprint density at radius 3 is 2.68 bits per heavy atom. The molecule has 1 N–H and O–H groups in total. The van der Waals surface area contributed by atoms with Crippen LogP contribution in [0, 0.1) is 0 Å². The minimum atomic E-state index is -0.628. The second-order valence-electron chi connectivity index (χ2n) is 4.47. The van der Waals surface area contributed by atoms with Crippen molar-refractivity contribution in [2.24, 2.45) is 0 Å². The quantitative estimate of drug-likeness (QED) is 0.876. The summed E-state index contributed by atoms with van der Waals surface area (Å²) in [5.41, 5.74) is 1.73. The molecule has 2 heterocycles. The van der Waals surface area contributed by atoms with Crippen LogP contribution in [0.4, 0.5) is 5.95 Å². The number of aromatic nitrogens is 2. The number of carbonyl (C=O) groups is 1. The van der Waals surface area contributed by atoms with E-state index in [0.717, 1.165) is 11.3 Å². The SMILES string of the molecule is O=C1CC(O)CN1c1nccc(-c2ccccc2)n1. The topological polar surface area (TPSA) is 66.3 Å². The van der Waals surface area contributed by atoms with Crippen LogP contribution < -0.4 is 4.90 Å². The average Bonchev–Trinajstić information content (AvgIpc) is 2.79. The van der Waals surface area contributed by atoms with Crippen LogP contribution in [0.3, 0.4) is 0 Å². The predicted octanol–water partition coefficient (Wildman–Crippen LogP) is 1.24.